The number of amides is 1. The van der Waals surface area contributed by atoms with Crippen LogP contribution in [0.2, 0.25) is 0 Å². The quantitative estimate of drug-likeness (QED) is 0.775. The molecule has 5 heteroatoms. The summed E-state index contributed by atoms with van der Waals surface area (Å²) in [4.78, 5) is 23.0. The molecule has 116 valence electrons. The molecule has 0 bridgehead atoms. The van der Waals surface area contributed by atoms with Crippen molar-refractivity contribution in [3.63, 3.8) is 0 Å². The molecule has 0 saturated carbocycles. The zero-order valence-electron chi connectivity index (χ0n) is 12.8. The standard InChI is InChI=1S/C16H23NO3S/c1-4-12(3)15(16(19)20)17-14(18)10-21-9-13-7-5-11(2)6-8-13/h5-8,12,15H,4,9-10H2,1-3H3,(H,17,18)(H,19,20). The van der Waals surface area contributed by atoms with E-state index in [0.717, 1.165) is 11.3 Å². The van der Waals surface area contributed by atoms with Gasteiger partial charge in [-0.25, -0.2) is 4.79 Å². The molecule has 2 N–H and O–H groups in total. The number of carbonyl (C=O) groups excluding carboxylic acids is 1. The molecule has 2 atom stereocenters. The molecule has 1 rings (SSSR count). The number of aliphatic carboxylic acids is 1. The summed E-state index contributed by atoms with van der Waals surface area (Å²) in [6.07, 6.45) is 0.716. The predicted octanol–water partition coefficient (Wildman–Crippen LogP) is 2.84. The third kappa shape index (κ3) is 6.21. The van der Waals surface area contributed by atoms with Gasteiger partial charge in [-0.15, -0.1) is 11.8 Å². The van der Waals surface area contributed by atoms with Crippen molar-refractivity contribution in [1.29, 1.82) is 0 Å². The number of carboxylic acids is 1. The van der Waals surface area contributed by atoms with Crippen LogP contribution in [0.15, 0.2) is 24.3 Å². The molecule has 0 aliphatic heterocycles. The topological polar surface area (TPSA) is 66.4 Å². The molecular formula is C16H23NO3S. The van der Waals surface area contributed by atoms with E-state index in [1.807, 2.05) is 45.0 Å². The largest absolute Gasteiger partial charge is 0.480 e. The molecule has 0 heterocycles. The molecular weight excluding hydrogens is 286 g/mol. The second-order valence-corrected chi connectivity index (χ2v) is 6.23. The molecule has 4 nitrogen and oxygen atoms in total. The van der Waals surface area contributed by atoms with Crippen molar-refractivity contribution in [2.24, 2.45) is 5.92 Å². The van der Waals surface area contributed by atoms with Crippen LogP contribution in [0.5, 0.6) is 0 Å². The molecule has 1 aromatic rings. The molecule has 0 radical (unpaired) electrons. The van der Waals surface area contributed by atoms with Crippen LogP contribution < -0.4 is 5.32 Å². The van der Waals surface area contributed by atoms with E-state index in [9.17, 15) is 9.59 Å². The zero-order valence-corrected chi connectivity index (χ0v) is 13.6. The Hall–Kier alpha value is -1.49. The van der Waals surface area contributed by atoms with Gasteiger partial charge in [0.15, 0.2) is 0 Å². The number of hydrogen-bond donors (Lipinski definition) is 2. The van der Waals surface area contributed by atoms with Gasteiger partial charge >= 0.3 is 5.97 Å². The van der Waals surface area contributed by atoms with E-state index in [0.29, 0.717) is 6.42 Å². The summed E-state index contributed by atoms with van der Waals surface area (Å²) < 4.78 is 0. The molecule has 0 saturated heterocycles. The Morgan fingerprint density at radius 3 is 2.43 bits per heavy atom. The average molecular weight is 309 g/mol. The van der Waals surface area contributed by atoms with Gasteiger partial charge in [0, 0.05) is 5.75 Å². The first-order valence-electron chi connectivity index (χ1n) is 7.09. The highest BCUT2D eigenvalue weighted by Crippen LogP contribution is 2.13. The highest BCUT2D eigenvalue weighted by Gasteiger charge is 2.24. The maximum absolute atomic E-state index is 11.8. The van der Waals surface area contributed by atoms with Crippen LogP contribution in [-0.4, -0.2) is 28.8 Å². The summed E-state index contributed by atoms with van der Waals surface area (Å²) >= 11 is 1.49. The van der Waals surface area contributed by atoms with Gasteiger partial charge in [0.2, 0.25) is 5.91 Å². The van der Waals surface area contributed by atoms with E-state index in [4.69, 9.17) is 5.11 Å². The Labute approximate surface area is 130 Å². The molecule has 0 aliphatic rings. The van der Waals surface area contributed by atoms with E-state index >= 15 is 0 Å². The summed E-state index contributed by atoms with van der Waals surface area (Å²) in [5.41, 5.74) is 2.37. The maximum atomic E-state index is 11.8. The Morgan fingerprint density at radius 1 is 1.29 bits per heavy atom. The SMILES string of the molecule is CCC(C)C(NC(=O)CSCc1ccc(C)cc1)C(=O)O. The van der Waals surface area contributed by atoms with Crippen molar-refractivity contribution in [3.05, 3.63) is 35.4 Å². The fourth-order valence-electron chi connectivity index (χ4n) is 1.84. The summed E-state index contributed by atoms with van der Waals surface area (Å²) in [6, 6.07) is 7.36. The lowest BCUT2D eigenvalue weighted by atomic mass is 9.99. The minimum absolute atomic E-state index is 0.0754. The highest BCUT2D eigenvalue weighted by atomic mass is 32.2. The molecule has 2 unspecified atom stereocenters. The molecule has 0 fully saturated rings. The van der Waals surface area contributed by atoms with Crippen molar-refractivity contribution in [2.75, 3.05) is 5.75 Å². The molecule has 1 aromatic carbocycles. The first kappa shape index (κ1) is 17.6. The first-order valence-corrected chi connectivity index (χ1v) is 8.25. The minimum Gasteiger partial charge on any atom is -0.480 e. The number of rotatable bonds is 8. The zero-order chi connectivity index (χ0) is 15.8. The molecule has 0 aliphatic carbocycles. The average Bonchev–Trinajstić information content (AvgIpc) is 2.45. The Kier molecular flexibility index (Phi) is 7.29. The van der Waals surface area contributed by atoms with Gasteiger partial charge in [-0.05, 0) is 18.4 Å². The van der Waals surface area contributed by atoms with Crippen LogP contribution in [-0.2, 0) is 15.3 Å². The predicted molar refractivity (Wildman–Crippen MR) is 86.4 cm³/mol. The van der Waals surface area contributed by atoms with E-state index in [-0.39, 0.29) is 17.6 Å². The third-order valence-electron chi connectivity index (χ3n) is 3.42. The number of carbonyl (C=O) groups is 2. The number of nitrogens with one attached hydrogen (secondary N) is 1. The monoisotopic (exact) mass is 309 g/mol. The van der Waals surface area contributed by atoms with Crippen molar-refractivity contribution in [2.45, 2.75) is 39.0 Å². The van der Waals surface area contributed by atoms with Gasteiger partial charge in [0.1, 0.15) is 6.04 Å². The van der Waals surface area contributed by atoms with Gasteiger partial charge in [0.05, 0.1) is 5.75 Å². The lowest BCUT2D eigenvalue weighted by molar-refractivity contribution is -0.143. The number of hydrogen-bond acceptors (Lipinski definition) is 3. The van der Waals surface area contributed by atoms with Crippen molar-refractivity contribution in [1.82, 2.24) is 5.32 Å². The molecule has 21 heavy (non-hydrogen) atoms. The summed E-state index contributed by atoms with van der Waals surface area (Å²) in [7, 11) is 0. The van der Waals surface area contributed by atoms with Crippen molar-refractivity contribution in [3.8, 4) is 0 Å². The first-order chi connectivity index (χ1) is 9.93. The van der Waals surface area contributed by atoms with E-state index in [1.54, 1.807) is 0 Å². The fourth-order valence-corrected chi connectivity index (χ4v) is 2.64. The van der Waals surface area contributed by atoms with E-state index < -0.39 is 12.0 Å². The third-order valence-corrected chi connectivity index (χ3v) is 4.42. The fraction of sp³-hybridized carbons (Fsp3) is 0.500. The number of thioether (sulfide) groups is 1. The number of carboxylic acid groups (broad SMARTS) is 1. The van der Waals surface area contributed by atoms with Gasteiger partial charge in [-0.1, -0.05) is 50.1 Å². The Bertz CT molecular complexity index is 473. The van der Waals surface area contributed by atoms with Crippen LogP contribution in [0, 0.1) is 12.8 Å². The second kappa shape index (κ2) is 8.72. The molecule has 0 aromatic heterocycles. The van der Waals surface area contributed by atoms with E-state index in [2.05, 4.69) is 5.32 Å². The molecule has 1 amide bonds. The second-order valence-electron chi connectivity index (χ2n) is 5.25. The smallest absolute Gasteiger partial charge is 0.326 e. The van der Waals surface area contributed by atoms with Crippen LogP contribution in [0.25, 0.3) is 0 Å². The lowest BCUT2D eigenvalue weighted by Crippen LogP contribution is -2.45. The highest BCUT2D eigenvalue weighted by molar-refractivity contribution is 7.99. The summed E-state index contributed by atoms with van der Waals surface area (Å²) in [5, 5.41) is 11.7. The Balaban J connectivity index is 2.39. The van der Waals surface area contributed by atoms with Gasteiger partial charge in [-0.2, -0.15) is 0 Å². The van der Waals surface area contributed by atoms with Crippen LogP contribution in [0.3, 0.4) is 0 Å². The van der Waals surface area contributed by atoms with Crippen LogP contribution in [0.4, 0.5) is 0 Å². The van der Waals surface area contributed by atoms with Gasteiger partial charge in [0.25, 0.3) is 0 Å². The number of aryl methyl sites for hydroxylation is 1. The maximum Gasteiger partial charge on any atom is 0.326 e. The summed E-state index contributed by atoms with van der Waals surface area (Å²) in [5.74, 6) is -0.252. The van der Waals surface area contributed by atoms with Gasteiger partial charge < -0.3 is 10.4 Å². The minimum atomic E-state index is -0.971. The van der Waals surface area contributed by atoms with Crippen molar-refractivity contribution >= 4 is 23.6 Å². The van der Waals surface area contributed by atoms with Crippen molar-refractivity contribution < 1.29 is 14.7 Å². The number of benzene rings is 1. The summed E-state index contributed by atoms with van der Waals surface area (Å²) in [6.45, 7) is 5.78. The van der Waals surface area contributed by atoms with Gasteiger partial charge in [-0.3, -0.25) is 4.79 Å². The lowest BCUT2D eigenvalue weighted by Gasteiger charge is -2.20. The van der Waals surface area contributed by atoms with E-state index in [1.165, 1.54) is 17.3 Å². The van der Waals surface area contributed by atoms with Crippen LogP contribution >= 0.6 is 11.8 Å². The normalized spacial score (nSPS) is 13.5. The molecule has 0 spiro atoms. The van der Waals surface area contributed by atoms with Crippen LogP contribution in [0.1, 0.15) is 31.4 Å². The Morgan fingerprint density at radius 2 is 1.90 bits per heavy atom.